The fourth-order valence-electron chi connectivity index (χ4n) is 4.40. The molecule has 0 radical (unpaired) electrons. The number of nitrogens with zero attached hydrogens (tertiary/aromatic N) is 2. The third kappa shape index (κ3) is 6.06. The quantitative estimate of drug-likeness (QED) is 0.220. The van der Waals surface area contributed by atoms with Crippen LogP contribution in [0.5, 0.6) is 0 Å². The molecule has 8 nitrogen and oxygen atoms in total. The van der Waals surface area contributed by atoms with Crippen LogP contribution in [0.25, 0.3) is 17.0 Å². The number of rotatable bonds is 11. The first-order valence-corrected chi connectivity index (χ1v) is 13.4. The van der Waals surface area contributed by atoms with Crippen molar-refractivity contribution in [1.82, 2.24) is 14.8 Å². The summed E-state index contributed by atoms with van der Waals surface area (Å²) < 4.78 is 6.92. The van der Waals surface area contributed by atoms with E-state index in [1.807, 2.05) is 54.9 Å². The smallest absolute Gasteiger partial charge is 0.293 e. The van der Waals surface area contributed by atoms with Crippen molar-refractivity contribution in [2.24, 2.45) is 0 Å². The van der Waals surface area contributed by atoms with Crippen molar-refractivity contribution in [3.63, 3.8) is 0 Å². The average Bonchev–Trinajstić information content (AvgIpc) is 3.38. The number of Topliss-reactive ketones (excluding diaryl/α,β-unsaturated/α-hetero) is 1. The molecule has 4 rings (SSSR count). The van der Waals surface area contributed by atoms with Crippen molar-refractivity contribution in [3.05, 3.63) is 75.8 Å². The third-order valence-electron chi connectivity index (χ3n) is 6.39. The highest BCUT2D eigenvalue weighted by Crippen LogP contribution is 2.35. The normalized spacial score (nSPS) is 14.6. The van der Waals surface area contributed by atoms with Gasteiger partial charge >= 0.3 is 0 Å². The second kappa shape index (κ2) is 12.2. The summed E-state index contributed by atoms with van der Waals surface area (Å²) in [6.45, 7) is 4.88. The van der Waals surface area contributed by atoms with Crippen molar-refractivity contribution in [1.29, 1.82) is 0 Å². The van der Waals surface area contributed by atoms with Gasteiger partial charge in [0, 0.05) is 43.0 Å². The van der Waals surface area contributed by atoms with Gasteiger partial charge in [-0.15, -0.1) is 0 Å². The molecule has 198 valence electrons. The lowest BCUT2D eigenvalue weighted by Crippen LogP contribution is -2.33. The molecule has 0 atom stereocenters. The molecule has 1 saturated heterocycles. The lowest BCUT2D eigenvalue weighted by atomic mass is 10.1. The number of carbonyl (C=O) groups excluding carboxylic acids is 4. The van der Waals surface area contributed by atoms with Crippen LogP contribution in [0.4, 0.5) is 4.79 Å². The van der Waals surface area contributed by atoms with E-state index < -0.39 is 11.1 Å². The van der Waals surface area contributed by atoms with Crippen molar-refractivity contribution in [2.75, 3.05) is 26.8 Å². The van der Waals surface area contributed by atoms with E-state index in [0.717, 1.165) is 57.1 Å². The van der Waals surface area contributed by atoms with Gasteiger partial charge in [0.15, 0.2) is 5.78 Å². The van der Waals surface area contributed by atoms with E-state index in [9.17, 15) is 19.2 Å². The summed E-state index contributed by atoms with van der Waals surface area (Å²) in [5.41, 5.74) is 4.20. The minimum atomic E-state index is -0.496. The molecule has 2 heterocycles. The van der Waals surface area contributed by atoms with Crippen LogP contribution in [0, 0.1) is 6.92 Å². The number of thioether (sulfide) groups is 1. The molecule has 3 amide bonds. The Kier molecular flexibility index (Phi) is 8.81. The molecule has 3 aromatic rings. The summed E-state index contributed by atoms with van der Waals surface area (Å²) in [5.74, 6) is -0.913. The van der Waals surface area contributed by atoms with E-state index in [4.69, 9.17) is 4.74 Å². The van der Waals surface area contributed by atoms with Crippen LogP contribution in [0.2, 0.25) is 0 Å². The minimum Gasteiger partial charge on any atom is -0.385 e. The van der Waals surface area contributed by atoms with Crippen LogP contribution in [0.15, 0.2) is 53.6 Å². The van der Waals surface area contributed by atoms with Crippen LogP contribution in [0.1, 0.15) is 40.4 Å². The monoisotopic (exact) mass is 533 g/mol. The van der Waals surface area contributed by atoms with Gasteiger partial charge in [-0.3, -0.25) is 24.1 Å². The maximum absolute atomic E-state index is 13.1. The molecule has 1 aromatic heterocycles. The molecule has 1 fully saturated rings. The summed E-state index contributed by atoms with van der Waals surface area (Å²) in [7, 11) is 1.62. The molecule has 0 saturated carbocycles. The Balaban J connectivity index is 1.58. The van der Waals surface area contributed by atoms with Crippen LogP contribution >= 0.6 is 11.8 Å². The Bertz CT molecular complexity index is 1410. The number of hydrogen-bond donors (Lipinski definition) is 1. The van der Waals surface area contributed by atoms with E-state index >= 15 is 0 Å². The number of nitrogens with one attached hydrogen (secondary N) is 1. The number of ketones is 1. The first-order chi connectivity index (χ1) is 18.3. The van der Waals surface area contributed by atoms with E-state index in [-0.39, 0.29) is 29.7 Å². The molecule has 2 aromatic carbocycles. The largest absolute Gasteiger partial charge is 0.385 e. The highest BCUT2D eigenvalue weighted by atomic mass is 32.2. The van der Waals surface area contributed by atoms with E-state index in [1.54, 1.807) is 25.3 Å². The predicted molar refractivity (Wildman–Crippen MR) is 149 cm³/mol. The summed E-state index contributed by atoms with van der Waals surface area (Å²) in [6, 6.07) is 12.9. The van der Waals surface area contributed by atoms with Crippen molar-refractivity contribution >= 4 is 51.6 Å². The Morgan fingerprint density at radius 3 is 2.55 bits per heavy atom. The number of aryl methyl sites for hydroxylation is 2. The molecular weight excluding hydrogens is 502 g/mol. The van der Waals surface area contributed by atoms with Gasteiger partial charge in [0.05, 0.1) is 17.0 Å². The number of para-hydroxylation sites is 1. The van der Waals surface area contributed by atoms with Gasteiger partial charge in [-0.2, -0.15) is 0 Å². The molecule has 38 heavy (non-hydrogen) atoms. The fourth-order valence-corrected chi connectivity index (χ4v) is 5.23. The highest BCUT2D eigenvalue weighted by molar-refractivity contribution is 8.18. The van der Waals surface area contributed by atoms with Crippen molar-refractivity contribution in [3.8, 4) is 0 Å². The molecule has 1 aliphatic heterocycles. The summed E-state index contributed by atoms with van der Waals surface area (Å²) in [6.07, 6.45) is 5.01. The Hall–Kier alpha value is -3.69. The van der Waals surface area contributed by atoms with Gasteiger partial charge in [0.2, 0.25) is 5.91 Å². The molecule has 0 bridgehead atoms. The number of imide groups is 1. The third-order valence-corrected chi connectivity index (χ3v) is 7.30. The van der Waals surface area contributed by atoms with Crippen molar-refractivity contribution < 1.29 is 23.9 Å². The second-order valence-corrected chi connectivity index (χ2v) is 10.1. The molecule has 9 heteroatoms. The maximum Gasteiger partial charge on any atom is 0.293 e. The van der Waals surface area contributed by atoms with Crippen LogP contribution in [-0.4, -0.2) is 59.1 Å². The zero-order chi connectivity index (χ0) is 27.2. The summed E-state index contributed by atoms with van der Waals surface area (Å²) in [4.78, 5) is 52.4. The van der Waals surface area contributed by atoms with Gasteiger partial charge in [0.25, 0.3) is 11.1 Å². The molecular formula is C29H31N3O5S. The number of aromatic nitrogens is 1. The minimum absolute atomic E-state index is 0.120. The zero-order valence-electron chi connectivity index (χ0n) is 21.8. The van der Waals surface area contributed by atoms with Crippen LogP contribution < -0.4 is 5.32 Å². The summed E-state index contributed by atoms with van der Waals surface area (Å²) >= 11 is 0.820. The number of fused-ring (bicyclic) bond motifs is 1. The first-order valence-electron chi connectivity index (χ1n) is 12.5. The van der Waals surface area contributed by atoms with Gasteiger partial charge in [0.1, 0.15) is 6.54 Å². The highest BCUT2D eigenvalue weighted by Gasteiger charge is 2.36. The topological polar surface area (TPSA) is 97.7 Å². The van der Waals surface area contributed by atoms with Crippen molar-refractivity contribution in [2.45, 2.75) is 33.2 Å². The number of amides is 3. The molecule has 0 unspecified atom stereocenters. The average molecular weight is 534 g/mol. The maximum atomic E-state index is 13.1. The number of benzene rings is 2. The number of methoxy groups -OCH3 is 1. The SMILES string of the molecule is CCc1cccc2c(/C=C3\SC(=O)N(CC(=O)c4ccc(C)cc4)C3=O)cn(CC(=O)NCCCOC)c12. The van der Waals surface area contributed by atoms with Crippen LogP contribution in [0.3, 0.4) is 0 Å². The first kappa shape index (κ1) is 27.3. The Labute approximate surface area is 226 Å². The number of hydrogen-bond acceptors (Lipinski definition) is 6. The molecule has 1 N–H and O–H groups in total. The van der Waals surface area contributed by atoms with E-state index in [1.165, 1.54) is 0 Å². The number of ether oxygens (including phenoxy) is 1. The Morgan fingerprint density at radius 2 is 1.84 bits per heavy atom. The standard InChI is InChI=1S/C29H31N3O5S/c1-4-20-7-5-8-23-22(16-31(27(20)23)18-26(34)30-13-6-14-37-3)15-25-28(35)32(29(36)38-25)17-24(33)21-11-9-19(2)10-12-21/h5,7-12,15-16H,4,6,13-14,17-18H2,1-3H3,(H,30,34)/b25-15-. The van der Waals surface area contributed by atoms with E-state index in [0.29, 0.717) is 18.7 Å². The van der Waals surface area contributed by atoms with Crippen LogP contribution in [-0.2, 0) is 27.3 Å². The second-order valence-electron chi connectivity index (χ2n) is 9.13. The lowest BCUT2D eigenvalue weighted by Gasteiger charge is -2.11. The fraction of sp³-hybridized carbons (Fsp3) is 0.310. The lowest BCUT2D eigenvalue weighted by molar-refractivity contribution is -0.122. The van der Waals surface area contributed by atoms with Gasteiger partial charge in [-0.1, -0.05) is 55.0 Å². The van der Waals surface area contributed by atoms with Gasteiger partial charge in [-0.25, -0.2) is 0 Å². The van der Waals surface area contributed by atoms with E-state index in [2.05, 4.69) is 5.32 Å². The molecule has 0 aliphatic carbocycles. The number of carbonyl (C=O) groups is 4. The molecule has 1 aliphatic rings. The zero-order valence-corrected chi connectivity index (χ0v) is 22.6. The Morgan fingerprint density at radius 1 is 1.08 bits per heavy atom. The summed E-state index contributed by atoms with van der Waals surface area (Å²) in [5, 5.41) is 3.32. The predicted octanol–water partition coefficient (Wildman–Crippen LogP) is 4.58. The van der Waals surface area contributed by atoms with Gasteiger partial charge in [-0.05, 0) is 43.2 Å². The van der Waals surface area contributed by atoms with Gasteiger partial charge < -0.3 is 14.6 Å². The molecule has 0 spiro atoms.